The van der Waals surface area contributed by atoms with E-state index in [0.717, 1.165) is 13.1 Å². The van der Waals surface area contributed by atoms with Crippen molar-refractivity contribution in [1.82, 2.24) is 5.32 Å². The van der Waals surface area contributed by atoms with Gasteiger partial charge in [-0.05, 0) is 33.9 Å². The van der Waals surface area contributed by atoms with Crippen LogP contribution in [0.1, 0.15) is 34.6 Å². The van der Waals surface area contributed by atoms with Crippen molar-refractivity contribution in [2.75, 3.05) is 19.7 Å². The number of hydrogen-bond acceptors (Lipinski definition) is 4. The van der Waals surface area contributed by atoms with E-state index >= 15 is 0 Å². The Hall–Kier alpha value is -0.860. The molecular formula is C11H26F3NO4. The highest BCUT2D eigenvalue weighted by atomic mass is 19.4. The number of halogens is 3. The Morgan fingerprint density at radius 3 is 1.32 bits per heavy atom. The number of hydrogen-bond donors (Lipinski definition) is 4. The van der Waals surface area contributed by atoms with Crippen molar-refractivity contribution in [1.29, 1.82) is 0 Å². The van der Waals surface area contributed by atoms with Gasteiger partial charge in [-0.1, -0.05) is 13.8 Å². The molecule has 0 aromatic heterocycles. The number of nitrogens with one attached hydrogen (secondary N) is 1. The summed E-state index contributed by atoms with van der Waals surface area (Å²) in [4.78, 5) is 8.90. The van der Waals surface area contributed by atoms with E-state index in [0.29, 0.717) is 0 Å². The molecule has 4 N–H and O–H groups in total. The van der Waals surface area contributed by atoms with E-state index in [1.165, 1.54) is 0 Å². The minimum absolute atomic E-state index is 0.167. The Balaban J connectivity index is -0.0000000833. The molecule has 8 heteroatoms. The third-order valence-corrected chi connectivity index (χ3v) is 0.743. The first-order valence-corrected chi connectivity index (χ1v) is 5.80. The third-order valence-electron chi connectivity index (χ3n) is 0.743. The summed E-state index contributed by atoms with van der Waals surface area (Å²) >= 11 is 0. The predicted molar refractivity (Wildman–Crippen MR) is 68.0 cm³/mol. The normalized spacial score (nSPS) is 9.21. The van der Waals surface area contributed by atoms with Crippen LogP contribution in [-0.2, 0) is 4.79 Å². The highest BCUT2D eigenvalue weighted by Crippen LogP contribution is 2.13. The Morgan fingerprint density at radius 1 is 1.16 bits per heavy atom. The first kappa shape index (κ1) is 26.7. The van der Waals surface area contributed by atoms with Crippen molar-refractivity contribution in [2.24, 2.45) is 0 Å². The number of aliphatic hydroxyl groups excluding tert-OH is 2. The number of aliphatic hydroxyl groups is 2. The average Bonchev–Trinajstić information content (AvgIpc) is 2.18. The molecule has 19 heavy (non-hydrogen) atoms. The molecule has 0 saturated heterocycles. The molecule has 0 aliphatic heterocycles. The van der Waals surface area contributed by atoms with Crippen molar-refractivity contribution in [3.05, 3.63) is 0 Å². The van der Waals surface area contributed by atoms with Crippen molar-refractivity contribution in [3.8, 4) is 0 Å². The fourth-order valence-corrected chi connectivity index (χ4v) is 0.250. The molecule has 5 nitrogen and oxygen atoms in total. The molecule has 0 bridgehead atoms. The van der Waals surface area contributed by atoms with Gasteiger partial charge in [0.05, 0.1) is 0 Å². The predicted octanol–water partition coefficient (Wildman–Crippen LogP) is 1.63. The lowest BCUT2D eigenvalue weighted by atomic mass is 10.5. The van der Waals surface area contributed by atoms with Crippen LogP contribution < -0.4 is 5.32 Å². The van der Waals surface area contributed by atoms with Gasteiger partial charge in [0.1, 0.15) is 0 Å². The van der Waals surface area contributed by atoms with Gasteiger partial charge in [0.25, 0.3) is 0 Å². The van der Waals surface area contributed by atoms with Crippen molar-refractivity contribution in [3.63, 3.8) is 0 Å². The highest BCUT2D eigenvalue weighted by Gasteiger charge is 2.38. The highest BCUT2D eigenvalue weighted by molar-refractivity contribution is 5.73. The van der Waals surface area contributed by atoms with E-state index in [4.69, 9.17) is 20.1 Å². The van der Waals surface area contributed by atoms with Crippen LogP contribution in [0.15, 0.2) is 0 Å². The molecule has 120 valence electrons. The first-order valence-electron chi connectivity index (χ1n) is 5.80. The second-order valence-electron chi connectivity index (χ2n) is 3.17. The van der Waals surface area contributed by atoms with Gasteiger partial charge >= 0.3 is 12.1 Å². The SMILES string of the molecule is CC(C)O.CCNCC.CCO.O=C(O)C(F)(F)F. The van der Waals surface area contributed by atoms with E-state index in [9.17, 15) is 13.2 Å². The van der Waals surface area contributed by atoms with Crippen LogP contribution in [0.5, 0.6) is 0 Å². The fourth-order valence-electron chi connectivity index (χ4n) is 0.250. The van der Waals surface area contributed by atoms with E-state index in [1.54, 1.807) is 20.8 Å². The molecule has 0 amide bonds. The Labute approximate surface area is 112 Å². The molecule has 0 aliphatic carbocycles. The number of carboxylic acid groups (broad SMARTS) is 1. The third kappa shape index (κ3) is 77.1. The average molecular weight is 293 g/mol. The molecule has 0 atom stereocenters. The van der Waals surface area contributed by atoms with Gasteiger partial charge in [-0.2, -0.15) is 13.2 Å². The Bertz CT molecular complexity index is 171. The maximum Gasteiger partial charge on any atom is 0.490 e. The summed E-state index contributed by atoms with van der Waals surface area (Å²) in [6.07, 6.45) is -5.25. The first-order chi connectivity index (χ1) is 8.50. The summed E-state index contributed by atoms with van der Waals surface area (Å²) in [7, 11) is 0. The molecule has 0 rings (SSSR count). The molecule has 0 aromatic rings. The molecule has 0 aliphatic rings. The molecular weight excluding hydrogens is 267 g/mol. The van der Waals surface area contributed by atoms with Gasteiger partial charge < -0.3 is 20.6 Å². The van der Waals surface area contributed by atoms with Crippen LogP contribution in [-0.4, -0.2) is 53.3 Å². The molecule has 0 fully saturated rings. The van der Waals surface area contributed by atoms with Crippen LogP contribution in [0.4, 0.5) is 13.2 Å². The second-order valence-corrected chi connectivity index (χ2v) is 3.17. The van der Waals surface area contributed by atoms with E-state index in [1.807, 2.05) is 0 Å². The summed E-state index contributed by atoms with van der Waals surface area (Å²) in [5.74, 6) is -2.76. The molecule has 0 spiro atoms. The van der Waals surface area contributed by atoms with Crippen LogP contribution in [0.2, 0.25) is 0 Å². The zero-order valence-corrected chi connectivity index (χ0v) is 12.1. The van der Waals surface area contributed by atoms with Crippen molar-refractivity contribution in [2.45, 2.75) is 46.9 Å². The number of carbonyl (C=O) groups is 1. The summed E-state index contributed by atoms with van der Waals surface area (Å²) in [6, 6.07) is 0. The quantitative estimate of drug-likeness (QED) is 0.621. The summed E-state index contributed by atoms with van der Waals surface area (Å²) in [5, 5.41) is 25.9. The van der Waals surface area contributed by atoms with Gasteiger partial charge in [-0.25, -0.2) is 4.79 Å². The van der Waals surface area contributed by atoms with E-state index in [2.05, 4.69) is 19.2 Å². The molecule has 0 unspecified atom stereocenters. The lowest BCUT2D eigenvalue weighted by Gasteiger charge is -1.93. The zero-order chi connectivity index (χ0) is 16.5. The topological polar surface area (TPSA) is 89.8 Å². The minimum Gasteiger partial charge on any atom is -0.475 e. The number of alkyl halides is 3. The van der Waals surface area contributed by atoms with Crippen LogP contribution in [0.25, 0.3) is 0 Å². The van der Waals surface area contributed by atoms with Gasteiger partial charge in [-0.3, -0.25) is 0 Å². The lowest BCUT2D eigenvalue weighted by molar-refractivity contribution is -0.192. The summed E-state index contributed by atoms with van der Waals surface area (Å²) in [6.45, 7) is 11.8. The fraction of sp³-hybridized carbons (Fsp3) is 0.909. The van der Waals surface area contributed by atoms with Gasteiger partial charge in [0.2, 0.25) is 0 Å². The molecule has 0 aromatic carbocycles. The monoisotopic (exact) mass is 293 g/mol. The molecule has 0 radical (unpaired) electrons. The smallest absolute Gasteiger partial charge is 0.475 e. The summed E-state index contributed by atoms with van der Waals surface area (Å²) < 4.78 is 31.7. The number of rotatable bonds is 2. The van der Waals surface area contributed by atoms with Crippen molar-refractivity contribution < 1.29 is 33.3 Å². The largest absolute Gasteiger partial charge is 0.490 e. The number of carboxylic acids is 1. The van der Waals surface area contributed by atoms with Crippen molar-refractivity contribution >= 4 is 5.97 Å². The Kier molecular flexibility index (Phi) is 27.3. The number of aliphatic carboxylic acids is 1. The Morgan fingerprint density at radius 2 is 1.32 bits per heavy atom. The standard InChI is InChI=1S/C4H11N.C3H8O.C2HF3O2.C2H6O/c1-3-5-4-2;1-3(2)4;3-2(4,5)1(6)7;1-2-3/h5H,3-4H2,1-2H3;3-4H,1-2H3;(H,6,7);3H,2H2,1H3. The molecule has 0 heterocycles. The minimum atomic E-state index is -5.08. The van der Waals surface area contributed by atoms with Gasteiger partial charge in [0.15, 0.2) is 0 Å². The second kappa shape index (κ2) is 19.5. The maximum atomic E-state index is 10.6. The van der Waals surface area contributed by atoms with Crippen LogP contribution >= 0.6 is 0 Å². The molecule has 0 saturated carbocycles. The van der Waals surface area contributed by atoms with Crippen LogP contribution in [0.3, 0.4) is 0 Å². The lowest BCUT2D eigenvalue weighted by Crippen LogP contribution is -2.21. The van der Waals surface area contributed by atoms with Gasteiger partial charge in [-0.15, -0.1) is 0 Å². The maximum absolute atomic E-state index is 10.6. The van der Waals surface area contributed by atoms with Crippen LogP contribution in [0, 0.1) is 0 Å². The summed E-state index contributed by atoms with van der Waals surface area (Å²) in [5.41, 5.74) is 0. The van der Waals surface area contributed by atoms with E-state index < -0.39 is 12.1 Å². The van der Waals surface area contributed by atoms with Gasteiger partial charge in [0, 0.05) is 12.7 Å². The zero-order valence-electron chi connectivity index (χ0n) is 12.1. The van der Waals surface area contributed by atoms with E-state index in [-0.39, 0.29) is 12.7 Å².